The summed E-state index contributed by atoms with van der Waals surface area (Å²) in [5.74, 6) is -0.256. The van der Waals surface area contributed by atoms with Crippen molar-refractivity contribution in [3.63, 3.8) is 0 Å². The first-order valence-corrected chi connectivity index (χ1v) is 4.20. The van der Waals surface area contributed by atoms with Crippen LogP contribution in [0.15, 0.2) is 35.3 Å². The van der Waals surface area contributed by atoms with Gasteiger partial charge < -0.3 is 22.0 Å². The summed E-state index contributed by atoms with van der Waals surface area (Å²) < 4.78 is 0. The second-order valence-corrected chi connectivity index (χ2v) is 2.57. The summed E-state index contributed by atoms with van der Waals surface area (Å²) in [7, 11) is 0. The van der Waals surface area contributed by atoms with Crippen molar-refractivity contribution >= 4 is 17.7 Å². The molecule has 0 fully saturated rings. The van der Waals surface area contributed by atoms with Crippen LogP contribution in [0.25, 0.3) is 0 Å². The Morgan fingerprint density at radius 3 is 2.24 bits per heavy atom. The van der Waals surface area contributed by atoms with Crippen molar-refractivity contribution < 1.29 is 15.1 Å². The van der Waals surface area contributed by atoms with Gasteiger partial charge in [0, 0.05) is 5.69 Å². The first kappa shape index (κ1) is 14.2. The second kappa shape index (κ2) is 7.45. The Kier molecular flexibility index (Phi) is 6.21. The summed E-state index contributed by atoms with van der Waals surface area (Å²) in [4.78, 5) is 22.6. The van der Waals surface area contributed by atoms with E-state index in [0.29, 0.717) is 5.69 Å². The van der Waals surface area contributed by atoms with E-state index in [0.717, 1.165) is 0 Å². The molecule has 0 unspecified atom stereocenters. The van der Waals surface area contributed by atoms with Gasteiger partial charge in [-0.25, -0.2) is 4.79 Å². The summed E-state index contributed by atoms with van der Waals surface area (Å²) in [5, 5.41) is 16.1. The summed E-state index contributed by atoms with van der Waals surface area (Å²) in [6, 6.07) is 8.33. The van der Waals surface area contributed by atoms with Gasteiger partial charge in [-0.15, -0.1) is 10.1 Å². The first-order chi connectivity index (χ1) is 7.91. The number of benzene rings is 1. The Morgan fingerprint density at radius 1 is 1.35 bits per heavy atom. The molecule has 1 rings (SSSR count). The monoisotopic (exact) mass is 241 g/mol. The predicted octanol–water partition coefficient (Wildman–Crippen LogP) is 0.144. The summed E-state index contributed by atoms with van der Waals surface area (Å²) in [6.45, 7) is 0. The van der Waals surface area contributed by atoms with Crippen LogP contribution in [0.4, 0.5) is 10.5 Å². The van der Waals surface area contributed by atoms with E-state index in [1.165, 1.54) is 0 Å². The molecule has 0 radical (unpaired) electrons. The van der Waals surface area contributed by atoms with Crippen LogP contribution in [0, 0.1) is 10.1 Å². The smallest absolute Gasteiger partial charge is 0.348 e. The van der Waals surface area contributed by atoms with Crippen molar-refractivity contribution in [1.29, 1.82) is 0 Å². The van der Waals surface area contributed by atoms with Crippen LogP contribution in [0.3, 0.4) is 0 Å². The third-order valence-electron chi connectivity index (χ3n) is 1.26. The normalized spacial score (nSPS) is 8.24. The van der Waals surface area contributed by atoms with Crippen LogP contribution in [0.5, 0.6) is 0 Å². The number of urea groups is 1. The summed E-state index contributed by atoms with van der Waals surface area (Å²) >= 11 is 0. The quantitative estimate of drug-likeness (QED) is 0.237. The van der Waals surface area contributed by atoms with Gasteiger partial charge in [0.25, 0.3) is 5.09 Å². The molecule has 9 nitrogen and oxygen atoms in total. The second-order valence-electron chi connectivity index (χ2n) is 2.57. The zero-order valence-corrected chi connectivity index (χ0v) is 8.61. The van der Waals surface area contributed by atoms with Crippen LogP contribution in [0.2, 0.25) is 0 Å². The maximum absolute atomic E-state index is 11.0. The highest BCUT2D eigenvalue weighted by molar-refractivity contribution is 5.97. The van der Waals surface area contributed by atoms with Gasteiger partial charge in [-0.1, -0.05) is 18.2 Å². The molecule has 0 saturated carbocycles. The van der Waals surface area contributed by atoms with Crippen molar-refractivity contribution in [3.8, 4) is 0 Å². The number of hydrogen-bond acceptors (Lipinski definition) is 3. The molecule has 1 aromatic rings. The Balaban J connectivity index is 0.000000557. The first-order valence-electron chi connectivity index (χ1n) is 4.20. The minimum atomic E-state index is -1.50. The third kappa shape index (κ3) is 9.46. The van der Waals surface area contributed by atoms with E-state index < -0.39 is 11.1 Å². The molecule has 9 heteroatoms. The van der Waals surface area contributed by atoms with Crippen molar-refractivity contribution in [3.05, 3.63) is 40.4 Å². The molecule has 1 aromatic carbocycles. The lowest BCUT2D eigenvalue weighted by Crippen LogP contribution is -2.25. The number of aliphatic imine (C=N–C) groups is 1. The molecule has 92 valence electrons. The van der Waals surface area contributed by atoms with Gasteiger partial charge in [-0.05, 0) is 12.1 Å². The van der Waals surface area contributed by atoms with Crippen molar-refractivity contribution in [2.75, 3.05) is 5.32 Å². The molecule has 0 atom stereocenters. The van der Waals surface area contributed by atoms with Gasteiger partial charge in [0.05, 0.1) is 0 Å². The van der Waals surface area contributed by atoms with E-state index >= 15 is 0 Å². The number of rotatable bonds is 1. The number of nitrogens with zero attached hydrogens (tertiary/aromatic N) is 2. The highest BCUT2D eigenvalue weighted by atomic mass is 16.9. The Hall–Kier alpha value is -2.84. The standard InChI is InChI=1S/C8H10N4O.HNO3/c9-7(10)12-8(13)11-6-4-2-1-3-5-6;2-1(3)4/h1-5H,(H5,9,10,11,12,13);(H,2,3,4). The SMILES string of the molecule is NC(N)=NC(=O)Nc1ccccc1.O=[N+]([O-])O. The zero-order chi connectivity index (χ0) is 13.3. The molecule has 0 bridgehead atoms. The Labute approximate surface area is 95.9 Å². The molecule has 0 aliphatic carbocycles. The molecule has 2 amide bonds. The van der Waals surface area contributed by atoms with E-state index in [2.05, 4.69) is 10.3 Å². The highest BCUT2D eigenvalue weighted by Gasteiger charge is 1.97. The largest absolute Gasteiger partial charge is 0.370 e. The minimum Gasteiger partial charge on any atom is -0.370 e. The maximum Gasteiger partial charge on any atom is 0.348 e. The fourth-order valence-corrected chi connectivity index (χ4v) is 0.790. The van der Waals surface area contributed by atoms with Crippen LogP contribution in [-0.2, 0) is 0 Å². The molecule has 17 heavy (non-hydrogen) atoms. The number of guanidine groups is 1. The van der Waals surface area contributed by atoms with Gasteiger partial charge >= 0.3 is 6.03 Å². The number of anilines is 1. The third-order valence-corrected chi connectivity index (χ3v) is 1.26. The molecule has 0 aliphatic rings. The van der Waals surface area contributed by atoms with Crippen LogP contribution < -0.4 is 16.8 Å². The van der Waals surface area contributed by atoms with E-state index in [1.807, 2.05) is 6.07 Å². The lowest BCUT2D eigenvalue weighted by molar-refractivity contribution is -0.742. The number of hydrogen-bond donors (Lipinski definition) is 4. The summed E-state index contributed by atoms with van der Waals surface area (Å²) in [5.41, 5.74) is 10.7. The molecule has 0 saturated heterocycles. The number of nitrogens with two attached hydrogens (primary N) is 2. The number of amides is 2. The maximum atomic E-state index is 11.0. The van der Waals surface area contributed by atoms with Gasteiger partial charge in [0.15, 0.2) is 5.96 Å². The average Bonchev–Trinajstić information content (AvgIpc) is 2.16. The summed E-state index contributed by atoms with van der Waals surface area (Å²) in [6.07, 6.45) is 0. The lowest BCUT2D eigenvalue weighted by Gasteiger charge is -1.99. The number of para-hydroxylation sites is 1. The van der Waals surface area contributed by atoms with E-state index in [-0.39, 0.29) is 5.96 Å². The van der Waals surface area contributed by atoms with Crippen LogP contribution in [0.1, 0.15) is 0 Å². The lowest BCUT2D eigenvalue weighted by atomic mass is 10.3. The highest BCUT2D eigenvalue weighted by Crippen LogP contribution is 2.04. The van der Waals surface area contributed by atoms with E-state index in [1.54, 1.807) is 24.3 Å². The van der Waals surface area contributed by atoms with Crippen molar-refractivity contribution in [2.24, 2.45) is 16.5 Å². The number of carbonyl (C=O) groups excluding carboxylic acids is 1. The van der Waals surface area contributed by atoms with Crippen molar-refractivity contribution in [2.45, 2.75) is 0 Å². The minimum absolute atomic E-state index is 0.256. The molecule has 0 heterocycles. The zero-order valence-electron chi connectivity index (χ0n) is 8.61. The van der Waals surface area contributed by atoms with E-state index in [9.17, 15) is 4.79 Å². The molecular weight excluding hydrogens is 230 g/mol. The predicted molar refractivity (Wildman–Crippen MR) is 60.1 cm³/mol. The van der Waals surface area contributed by atoms with Gasteiger partial charge in [-0.2, -0.15) is 4.99 Å². The Morgan fingerprint density at radius 2 is 1.82 bits per heavy atom. The molecule has 0 aromatic heterocycles. The molecule has 0 spiro atoms. The number of carbonyl (C=O) groups is 1. The Bertz CT molecular complexity index is 398. The van der Waals surface area contributed by atoms with Crippen LogP contribution in [-0.4, -0.2) is 22.3 Å². The number of nitrogens with one attached hydrogen (secondary N) is 1. The van der Waals surface area contributed by atoms with Crippen molar-refractivity contribution in [1.82, 2.24) is 0 Å². The topological polar surface area (TPSA) is 157 Å². The average molecular weight is 241 g/mol. The van der Waals surface area contributed by atoms with Gasteiger partial charge in [0.2, 0.25) is 0 Å². The fraction of sp³-hybridized carbons (Fsp3) is 0. The van der Waals surface area contributed by atoms with E-state index in [4.69, 9.17) is 26.8 Å². The molecular formula is C8H11N5O4. The molecule has 6 N–H and O–H groups in total. The van der Waals surface area contributed by atoms with Gasteiger partial charge in [-0.3, -0.25) is 0 Å². The fourth-order valence-electron chi connectivity index (χ4n) is 0.790. The van der Waals surface area contributed by atoms with Crippen LogP contribution >= 0.6 is 0 Å². The molecule has 0 aliphatic heterocycles. The van der Waals surface area contributed by atoms with Gasteiger partial charge in [0.1, 0.15) is 0 Å².